The monoisotopic (exact) mass is 395 g/mol. The number of aryl methyl sites for hydroxylation is 1. The van der Waals surface area contributed by atoms with Crippen LogP contribution in [-0.4, -0.2) is 12.5 Å². The van der Waals surface area contributed by atoms with Gasteiger partial charge in [0.25, 0.3) is 5.91 Å². The Balaban J connectivity index is 1.61. The van der Waals surface area contributed by atoms with Crippen LogP contribution in [-0.2, 0) is 11.8 Å². The predicted octanol–water partition coefficient (Wildman–Crippen LogP) is 6.31. The normalized spacial score (nSPS) is 29.2. The maximum absolute atomic E-state index is 12.5. The summed E-state index contributed by atoms with van der Waals surface area (Å²) in [4.78, 5) is 13.4. The fourth-order valence-corrected chi connectivity index (χ4v) is 6.60. The van der Waals surface area contributed by atoms with Gasteiger partial charge in [0.2, 0.25) is 0 Å². The molecule has 1 amide bonds. The Bertz CT molecular complexity index is 855. The number of hydrogen-bond acceptors (Lipinski definition) is 2. The second-order valence-corrected chi connectivity index (χ2v) is 10.7. The van der Waals surface area contributed by atoms with Crippen molar-refractivity contribution in [2.75, 3.05) is 6.54 Å². The second-order valence-electron chi connectivity index (χ2n) is 9.75. The zero-order chi connectivity index (χ0) is 19.9. The summed E-state index contributed by atoms with van der Waals surface area (Å²) < 4.78 is 0. The fourth-order valence-electron chi connectivity index (χ4n) is 5.96. The van der Waals surface area contributed by atoms with Crippen molar-refractivity contribution < 1.29 is 4.79 Å². The minimum atomic E-state index is 0.0850. The van der Waals surface area contributed by atoms with Gasteiger partial charge in [-0.05, 0) is 76.5 Å². The third kappa shape index (κ3) is 3.32. The highest BCUT2D eigenvalue weighted by molar-refractivity contribution is 7.12. The lowest BCUT2D eigenvalue weighted by atomic mass is 9.49. The lowest BCUT2D eigenvalue weighted by Gasteiger charge is -2.55. The molecule has 3 atom stereocenters. The average molecular weight is 396 g/mol. The minimum Gasteiger partial charge on any atom is -0.351 e. The van der Waals surface area contributed by atoms with E-state index in [1.807, 2.05) is 17.5 Å². The van der Waals surface area contributed by atoms with Crippen LogP contribution in [0.1, 0.15) is 85.7 Å². The number of benzene rings is 1. The summed E-state index contributed by atoms with van der Waals surface area (Å²) >= 11 is 1.52. The van der Waals surface area contributed by atoms with E-state index in [9.17, 15) is 4.79 Å². The molecular weight excluding hydrogens is 362 g/mol. The van der Waals surface area contributed by atoms with Crippen molar-refractivity contribution in [2.45, 2.75) is 71.1 Å². The molecule has 0 radical (unpaired) electrons. The topological polar surface area (TPSA) is 29.1 Å². The number of nitrogens with one attached hydrogen (secondary N) is 1. The van der Waals surface area contributed by atoms with Gasteiger partial charge in [0.05, 0.1) is 4.88 Å². The van der Waals surface area contributed by atoms with Gasteiger partial charge in [-0.3, -0.25) is 4.79 Å². The molecule has 4 rings (SSSR count). The molecule has 1 aromatic carbocycles. The number of fused-ring (bicyclic) bond motifs is 3. The molecule has 150 valence electrons. The molecule has 28 heavy (non-hydrogen) atoms. The first-order valence-corrected chi connectivity index (χ1v) is 11.7. The Kier molecular flexibility index (Phi) is 5.16. The van der Waals surface area contributed by atoms with Crippen molar-refractivity contribution in [1.82, 2.24) is 5.32 Å². The van der Waals surface area contributed by atoms with Crippen molar-refractivity contribution in [1.29, 1.82) is 0 Å². The highest BCUT2D eigenvalue weighted by atomic mass is 32.1. The maximum atomic E-state index is 12.5. The van der Waals surface area contributed by atoms with E-state index in [2.05, 4.69) is 51.2 Å². The van der Waals surface area contributed by atoms with Gasteiger partial charge in [-0.15, -0.1) is 11.3 Å². The summed E-state index contributed by atoms with van der Waals surface area (Å²) in [5, 5.41) is 5.24. The summed E-state index contributed by atoms with van der Waals surface area (Å²) in [6.07, 6.45) is 6.11. The van der Waals surface area contributed by atoms with Gasteiger partial charge >= 0.3 is 0 Å². The molecule has 1 fully saturated rings. The smallest absolute Gasteiger partial charge is 0.261 e. The van der Waals surface area contributed by atoms with Gasteiger partial charge in [0.1, 0.15) is 0 Å². The summed E-state index contributed by atoms with van der Waals surface area (Å²) in [6.45, 7) is 10.3. The molecular formula is C25H33NOS. The first-order valence-electron chi connectivity index (χ1n) is 10.8. The average Bonchev–Trinajstić information content (AvgIpc) is 3.20. The van der Waals surface area contributed by atoms with Crippen molar-refractivity contribution in [3.05, 3.63) is 57.3 Å². The van der Waals surface area contributed by atoms with Crippen LogP contribution in [0.4, 0.5) is 0 Å². The fraction of sp³-hybridized carbons (Fsp3) is 0.560. The lowest BCUT2D eigenvalue weighted by Crippen LogP contribution is -2.53. The molecule has 0 unspecified atom stereocenters. The molecule has 3 heteroatoms. The number of carbonyl (C=O) groups is 1. The van der Waals surface area contributed by atoms with Gasteiger partial charge < -0.3 is 5.32 Å². The van der Waals surface area contributed by atoms with E-state index >= 15 is 0 Å². The summed E-state index contributed by atoms with van der Waals surface area (Å²) in [6, 6.07) is 11.1. The molecule has 0 aliphatic heterocycles. The van der Waals surface area contributed by atoms with Crippen LogP contribution in [0.5, 0.6) is 0 Å². The van der Waals surface area contributed by atoms with E-state index < -0.39 is 0 Å². The SMILES string of the molecule is CC(C)c1ccc2c(c1)[C@]1(C)CCC[C@](C)(CNC(=O)c3cccs3)[C@@H]1CC2. The molecule has 0 spiro atoms. The second kappa shape index (κ2) is 7.33. The van der Waals surface area contributed by atoms with E-state index in [-0.39, 0.29) is 16.7 Å². The van der Waals surface area contributed by atoms with Gasteiger partial charge in [-0.1, -0.05) is 58.4 Å². The third-order valence-electron chi connectivity index (χ3n) is 7.57. The standard InChI is InChI=1S/C25H33NOS/c1-17(2)19-9-8-18-10-11-22-24(3,12-6-13-25(22,4)20(18)15-19)16-26-23(27)21-7-5-14-28-21/h5,7-9,14-15,17,22H,6,10-13,16H2,1-4H3,(H,26,27)/t22-,24+,25-/m0/s1. The quantitative estimate of drug-likeness (QED) is 0.645. The van der Waals surface area contributed by atoms with Crippen LogP contribution in [0.15, 0.2) is 35.7 Å². The molecule has 2 aromatic rings. The predicted molar refractivity (Wildman–Crippen MR) is 118 cm³/mol. The number of carbonyl (C=O) groups excluding carboxylic acids is 1. The van der Waals surface area contributed by atoms with Crippen LogP contribution in [0.2, 0.25) is 0 Å². The van der Waals surface area contributed by atoms with Crippen LogP contribution in [0, 0.1) is 11.3 Å². The van der Waals surface area contributed by atoms with Crippen molar-refractivity contribution in [3.63, 3.8) is 0 Å². The lowest BCUT2D eigenvalue weighted by molar-refractivity contribution is 0.0254. The molecule has 1 N–H and O–H groups in total. The largest absolute Gasteiger partial charge is 0.351 e. The van der Waals surface area contributed by atoms with Crippen LogP contribution in [0.25, 0.3) is 0 Å². The first-order chi connectivity index (χ1) is 13.3. The highest BCUT2D eigenvalue weighted by Gasteiger charge is 2.51. The Labute approximate surface area is 173 Å². The Hall–Kier alpha value is -1.61. The third-order valence-corrected chi connectivity index (χ3v) is 8.44. The minimum absolute atomic E-state index is 0.0850. The summed E-state index contributed by atoms with van der Waals surface area (Å²) in [7, 11) is 0. The molecule has 2 aliphatic rings. The maximum Gasteiger partial charge on any atom is 0.261 e. The van der Waals surface area contributed by atoms with Crippen molar-refractivity contribution in [3.8, 4) is 0 Å². The Morgan fingerprint density at radius 3 is 2.79 bits per heavy atom. The molecule has 0 bridgehead atoms. The van der Waals surface area contributed by atoms with E-state index in [0.717, 1.165) is 11.4 Å². The molecule has 1 heterocycles. The molecule has 2 aliphatic carbocycles. The Morgan fingerprint density at radius 2 is 2.07 bits per heavy atom. The van der Waals surface area contributed by atoms with Crippen LogP contribution < -0.4 is 5.32 Å². The molecule has 0 saturated heterocycles. The van der Waals surface area contributed by atoms with Crippen molar-refractivity contribution >= 4 is 17.2 Å². The van der Waals surface area contributed by atoms with Crippen LogP contribution in [0.3, 0.4) is 0 Å². The van der Waals surface area contributed by atoms with E-state index in [1.165, 1.54) is 49.0 Å². The first kappa shape index (κ1) is 19.7. The van der Waals surface area contributed by atoms with Crippen LogP contribution >= 0.6 is 11.3 Å². The van der Waals surface area contributed by atoms with Crippen molar-refractivity contribution in [2.24, 2.45) is 11.3 Å². The number of thiophene rings is 1. The number of rotatable bonds is 4. The molecule has 2 nitrogen and oxygen atoms in total. The van der Waals surface area contributed by atoms with E-state index in [4.69, 9.17) is 0 Å². The van der Waals surface area contributed by atoms with Gasteiger partial charge in [-0.2, -0.15) is 0 Å². The van der Waals surface area contributed by atoms with E-state index in [0.29, 0.717) is 11.8 Å². The van der Waals surface area contributed by atoms with Gasteiger partial charge in [0.15, 0.2) is 0 Å². The zero-order valence-corrected chi connectivity index (χ0v) is 18.5. The number of amides is 1. The van der Waals surface area contributed by atoms with Gasteiger partial charge in [0, 0.05) is 6.54 Å². The summed E-state index contributed by atoms with van der Waals surface area (Å²) in [5.41, 5.74) is 4.98. The molecule has 1 saturated carbocycles. The zero-order valence-electron chi connectivity index (χ0n) is 17.7. The summed E-state index contributed by atoms with van der Waals surface area (Å²) in [5.74, 6) is 1.27. The van der Waals surface area contributed by atoms with E-state index in [1.54, 1.807) is 11.1 Å². The Morgan fingerprint density at radius 1 is 1.25 bits per heavy atom. The van der Waals surface area contributed by atoms with Gasteiger partial charge in [-0.25, -0.2) is 0 Å². The number of hydrogen-bond donors (Lipinski definition) is 1. The molecule has 1 aromatic heterocycles. The highest BCUT2D eigenvalue weighted by Crippen LogP contribution is 2.57.